The van der Waals surface area contributed by atoms with Gasteiger partial charge in [0, 0.05) is 38.7 Å². The minimum absolute atomic E-state index is 0.291. The lowest BCUT2D eigenvalue weighted by Crippen LogP contribution is -2.40. The molecule has 0 fully saturated rings. The number of amides is 2. The molecular weight excluding hydrogens is 296 g/mol. The maximum Gasteiger partial charge on any atom is 0.315 e. The molecule has 2 amide bonds. The molecular formula is C16H22N4O3. The number of imidazole rings is 1. The molecule has 2 N–H and O–H groups in total. The van der Waals surface area contributed by atoms with E-state index >= 15 is 0 Å². The van der Waals surface area contributed by atoms with Crippen molar-refractivity contribution in [3.63, 3.8) is 0 Å². The molecule has 7 nitrogen and oxygen atoms in total. The van der Waals surface area contributed by atoms with Gasteiger partial charge in [-0.2, -0.15) is 0 Å². The Morgan fingerprint density at radius 2 is 2.13 bits per heavy atom. The summed E-state index contributed by atoms with van der Waals surface area (Å²) >= 11 is 0. The van der Waals surface area contributed by atoms with Crippen LogP contribution in [0.5, 0.6) is 5.75 Å². The maximum atomic E-state index is 12.2. The van der Waals surface area contributed by atoms with Crippen molar-refractivity contribution in [2.24, 2.45) is 7.05 Å². The summed E-state index contributed by atoms with van der Waals surface area (Å²) in [5.74, 6) is 1.41. The Bertz CT molecular complexity index is 642. The molecule has 7 heteroatoms. The fourth-order valence-corrected chi connectivity index (χ4v) is 2.29. The minimum atomic E-state index is -0.423. The highest BCUT2D eigenvalue weighted by molar-refractivity contribution is 5.75. The number of carbonyl (C=O) groups excluding carboxylic acids is 1. The highest BCUT2D eigenvalue weighted by Gasteiger charge is 2.23. The standard InChI is InChI=1S/C16H22N4O3/c1-20-10-8-17-15(20)14(19-16(21)18-9-11-22-2)12-6-4-5-7-13(12)23-3/h4-8,10,14H,9,11H2,1-3H3,(H2,18,19,21). The predicted molar refractivity (Wildman–Crippen MR) is 86.5 cm³/mol. The van der Waals surface area contributed by atoms with Crippen LogP contribution in [-0.4, -0.2) is 43.0 Å². The molecule has 1 heterocycles. The summed E-state index contributed by atoms with van der Waals surface area (Å²) in [6.07, 6.45) is 3.53. The van der Waals surface area contributed by atoms with Gasteiger partial charge in [-0.05, 0) is 6.07 Å². The van der Waals surface area contributed by atoms with Crippen LogP contribution in [0.3, 0.4) is 0 Å². The van der Waals surface area contributed by atoms with Crippen LogP contribution in [0.4, 0.5) is 4.79 Å². The molecule has 0 spiro atoms. The number of aromatic nitrogens is 2. The van der Waals surface area contributed by atoms with Crippen molar-refractivity contribution >= 4 is 6.03 Å². The van der Waals surface area contributed by atoms with Crippen LogP contribution in [0, 0.1) is 0 Å². The zero-order chi connectivity index (χ0) is 16.7. The van der Waals surface area contributed by atoms with Crippen LogP contribution in [0.2, 0.25) is 0 Å². The molecule has 0 radical (unpaired) electrons. The number of hydrogen-bond acceptors (Lipinski definition) is 4. The van der Waals surface area contributed by atoms with Gasteiger partial charge in [-0.1, -0.05) is 18.2 Å². The molecule has 0 bridgehead atoms. The van der Waals surface area contributed by atoms with Crippen molar-refractivity contribution in [1.29, 1.82) is 0 Å². The number of methoxy groups -OCH3 is 2. The summed E-state index contributed by atoms with van der Waals surface area (Å²) in [5.41, 5.74) is 0.839. The molecule has 0 saturated carbocycles. The van der Waals surface area contributed by atoms with E-state index in [-0.39, 0.29) is 6.03 Å². The van der Waals surface area contributed by atoms with E-state index in [4.69, 9.17) is 9.47 Å². The largest absolute Gasteiger partial charge is 0.496 e. The molecule has 0 aliphatic heterocycles. The third-order valence-corrected chi connectivity index (χ3v) is 3.43. The molecule has 1 aromatic heterocycles. The molecule has 0 aliphatic carbocycles. The van der Waals surface area contributed by atoms with Gasteiger partial charge in [0.05, 0.1) is 13.7 Å². The quantitative estimate of drug-likeness (QED) is 0.758. The summed E-state index contributed by atoms with van der Waals surface area (Å²) in [6, 6.07) is 6.84. The number of hydrogen-bond donors (Lipinski definition) is 2. The SMILES string of the molecule is COCCNC(=O)NC(c1ccccc1OC)c1nccn1C. The third-order valence-electron chi connectivity index (χ3n) is 3.43. The number of nitrogens with zero attached hydrogens (tertiary/aromatic N) is 2. The zero-order valence-electron chi connectivity index (χ0n) is 13.6. The van der Waals surface area contributed by atoms with E-state index in [0.29, 0.717) is 18.9 Å². The fraction of sp³-hybridized carbons (Fsp3) is 0.375. The van der Waals surface area contributed by atoms with Crippen molar-refractivity contribution < 1.29 is 14.3 Å². The Morgan fingerprint density at radius 1 is 1.35 bits per heavy atom. The Labute approximate surface area is 135 Å². The second-order valence-electron chi connectivity index (χ2n) is 4.96. The van der Waals surface area contributed by atoms with E-state index < -0.39 is 6.04 Å². The van der Waals surface area contributed by atoms with Gasteiger partial charge in [0.1, 0.15) is 17.6 Å². The minimum Gasteiger partial charge on any atom is -0.496 e. The molecule has 23 heavy (non-hydrogen) atoms. The Balaban J connectivity index is 2.26. The van der Waals surface area contributed by atoms with Crippen molar-refractivity contribution in [1.82, 2.24) is 20.2 Å². The average molecular weight is 318 g/mol. The van der Waals surface area contributed by atoms with Crippen molar-refractivity contribution in [3.8, 4) is 5.75 Å². The molecule has 2 rings (SSSR count). The monoisotopic (exact) mass is 318 g/mol. The van der Waals surface area contributed by atoms with E-state index in [1.54, 1.807) is 20.4 Å². The molecule has 1 aromatic carbocycles. The number of aryl methyl sites for hydroxylation is 1. The first kappa shape index (κ1) is 16.8. The van der Waals surface area contributed by atoms with Gasteiger partial charge < -0.3 is 24.7 Å². The van der Waals surface area contributed by atoms with Crippen LogP contribution in [0.1, 0.15) is 17.4 Å². The van der Waals surface area contributed by atoms with Gasteiger partial charge in [0.2, 0.25) is 0 Å². The number of nitrogens with one attached hydrogen (secondary N) is 2. The van der Waals surface area contributed by atoms with Crippen LogP contribution in [-0.2, 0) is 11.8 Å². The lowest BCUT2D eigenvalue weighted by molar-refractivity contribution is 0.195. The number of rotatable bonds is 7. The van der Waals surface area contributed by atoms with Crippen LogP contribution in [0.15, 0.2) is 36.7 Å². The van der Waals surface area contributed by atoms with Gasteiger partial charge in [-0.15, -0.1) is 0 Å². The number of urea groups is 1. The third kappa shape index (κ3) is 4.23. The molecule has 0 aliphatic rings. The first-order chi connectivity index (χ1) is 11.2. The van der Waals surface area contributed by atoms with Gasteiger partial charge in [-0.25, -0.2) is 9.78 Å². The summed E-state index contributed by atoms with van der Waals surface area (Å²) < 4.78 is 12.2. The van der Waals surface area contributed by atoms with E-state index in [2.05, 4.69) is 15.6 Å². The molecule has 1 atom stereocenters. The van der Waals surface area contributed by atoms with Gasteiger partial charge in [0.25, 0.3) is 0 Å². The second-order valence-corrected chi connectivity index (χ2v) is 4.96. The number of para-hydroxylation sites is 1. The molecule has 124 valence electrons. The van der Waals surface area contributed by atoms with Crippen LogP contribution < -0.4 is 15.4 Å². The van der Waals surface area contributed by atoms with Crippen molar-refractivity contribution in [2.75, 3.05) is 27.4 Å². The van der Waals surface area contributed by atoms with E-state index in [1.165, 1.54) is 0 Å². The maximum absolute atomic E-state index is 12.2. The first-order valence-electron chi connectivity index (χ1n) is 7.30. The van der Waals surface area contributed by atoms with Gasteiger partial charge >= 0.3 is 6.03 Å². The Hall–Kier alpha value is -2.54. The van der Waals surface area contributed by atoms with E-state index in [0.717, 1.165) is 11.4 Å². The van der Waals surface area contributed by atoms with Gasteiger partial charge in [0.15, 0.2) is 0 Å². The van der Waals surface area contributed by atoms with E-state index in [1.807, 2.05) is 42.1 Å². The summed E-state index contributed by atoms with van der Waals surface area (Å²) in [5, 5.41) is 5.69. The topological polar surface area (TPSA) is 77.4 Å². The van der Waals surface area contributed by atoms with Crippen molar-refractivity contribution in [2.45, 2.75) is 6.04 Å². The zero-order valence-corrected chi connectivity index (χ0v) is 13.6. The summed E-state index contributed by atoms with van der Waals surface area (Å²) in [7, 11) is 5.08. The second kappa shape index (κ2) is 8.19. The number of carbonyl (C=O) groups is 1. The first-order valence-corrected chi connectivity index (χ1v) is 7.30. The predicted octanol–water partition coefficient (Wildman–Crippen LogP) is 1.46. The Morgan fingerprint density at radius 3 is 2.78 bits per heavy atom. The normalized spacial score (nSPS) is 11.8. The van der Waals surface area contributed by atoms with E-state index in [9.17, 15) is 4.79 Å². The summed E-state index contributed by atoms with van der Waals surface area (Å²) in [6.45, 7) is 0.886. The smallest absolute Gasteiger partial charge is 0.315 e. The van der Waals surface area contributed by atoms with Crippen LogP contribution in [0.25, 0.3) is 0 Å². The Kier molecular flexibility index (Phi) is 5.99. The number of ether oxygens (including phenoxy) is 2. The fourth-order valence-electron chi connectivity index (χ4n) is 2.29. The summed E-state index contributed by atoms with van der Waals surface area (Å²) in [4.78, 5) is 16.5. The molecule has 0 saturated heterocycles. The molecule has 1 unspecified atom stereocenters. The molecule has 2 aromatic rings. The highest BCUT2D eigenvalue weighted by atomic mass is 16.5. The lowest BCUT2D eigenvalue weighted by Gasteiger charge is -2.21. The van der Waals surface area contributed by atoms with Gasteiger partial charge in [-0.3, -0.25) is 0 Å². The number of benzene rings is 1. The highest BCUT2D eigenvalue weighted by Crippen LogP contribution is 2.28. The average Bonchev–Trinajstić information content (AvgIpc) is 2.99. The van der Waals surface area contributed by atoms with Crippen molar-refractivity contribution in [3.05, 3.63) is 48.0 Å². The van der Waals surface area contributed by atoms with Crippen LogP contribution >= 0.6 is 0 Å². The lowest BCUT2D eigenvalue weighted by atomic mass is 10.0.